The number of anilines is 1. The summed E-state index contributed by atoms with van der Waals surface area (Å²) in [6, 6.07) is 1.46. The van der Waals surface area contributed by atoms with Gasteiger partial charge in [-0.15, -0.1) is 0 Å². The highest BCUT2D eigenvalue weighted by Crippen LogP contribution is 2.40. The van der Waals surface area contributed by atoms with E-state index in [4.69, 9.17) is 10.5 Å². The van der Waals surface area contributed by atoms with E-state index >= 15 is 0 Å². The number of nitrogens with two attached hydrogens (primary N) is 1. The van der Waals surface area contributed by atoms with Crippen molar-refractivity contribution < 1.29 is 9.84 Å². The fourth-order valence-corrected chi connectivity index (χ4v) is 2.48. The standard InChI is InChI=1S/C13H13BrN6O2/c1-6(13-18-5-20(2)19-13)22-8-3-7(21)10(14)11-9(8)12(15)17-4-16-11/h3-6,21H,1-2H3,(H2,15,16,17). The Hall–Kier alpha value is -2.42. The van der Waals surface area contributed by atoms with Crippen LogP contribution in [0.3, 0.4) is 0 Å². The van der Waals surface area contributed by atoms with E-state index in [1.54, 1.807) is 25.0 Å². The Kier molecular flexibility index (Phi) is 3.57. The summed E-state index contributed by atoms with van der Waals surface area (Å²) in [5.74, 6) is 1.16. The first-order chi connectivity index (χ1) is 10.5. The van der Waals surface area contributed by atoms with Gasteiger partial charge in [0.25, 0.3) is 0 Å². The third kappa shape index (κ3) is 2.43. The van der Waals surface area contributed by atoms with Crippen molar-refractivity contribution in [1.82, 2.24) is 24.7 Å². The Balaban J connectivity index is 2.09. The average Bonchev–Trinajstić information content (AvgIpc) is 2.91. The quantitative estimate of drug-likeness (QED) is 0.730. The van der Waals surface area contributed by atoms with Gasteiger partial charge in [0, 0.05) is 13.1 Å². The Morgan fingerprint density at radius 3 is 2.82 bits per heavy atom. The minimum absolute atomic E-state index is 0.00165. The highest BCUT2D eigenvalue weighted by atomic mass is 79.9. The molecule has 0 bridgehead atoms. The van der Waals surface area contributed by atoms with Crippen LogP contribution >= 0.6 is 15.9 Å². The molecule has 0 fully saturated rings. The number of nitrogens with zero attached hydrogens (tertiary/aromatic N) is 5. The van der Waals surface area contributed by atoms with Crippen LogP contribution in [-0.4, -0.2) is 29.8 Å². The summed E-state index contributed by atoms with van der Waals surface area (Å²) < 4.78 is 7.89. The van der Waals surface area contributed by atoms with E-state index in [9.17, 15) is 5.11 Å². The summed E-state index contributed by atoms with van der Waals surface area (Å²) in [6.45, 7) is 1.81. The van der Waals surface area contributed by atoms with E-state index in [0.29, 0.717) is 26.9 Å². The van der Waals surface area contributed by atoms with Crippen molar-refractivity contribution in [3.63, 3.8) is 0 Å². The molecule has 0 aliphatic rings. The number of fused-ring (bicyclic) bond motifs is 1. The van der Waals surface area contributed by atoms with Gasteiger partial charge in [-0.25, -0.2) is 15.0 Å². The predicted molar refractivity (Wildman–Crippen MR) is 83.4 cm³/mol. The van der Waals surface area contributed by atoms with Gasteiger partial charge >= 0.3 is 0 Å². The van der Waals surface area contributed by atoms with Crippen molar-refractivity contribution in [3.05, 3.63) is 29.0 Å². The van der Waals surface area contributed by atoms with Gasteiger partial charge in [-0.1, -0.05) is 0 Å². The fourth-order valence-electron chi connectivity index (χ4n) is 2.07. The number of phenolic OH excluding ortho intramolecular Hbond substituents is 1. The van der Waals surface area contributed by atoms with Gasteiger partial charge in [0.2, 0.25) is 0 Å². The van der Waals surface area contributed by atoms with Gasteiger partial charge in [-0.05, 0) is 22.9 Å². The molecule has 0 saturated heterocycles. The van der Waals surface area contributed by atoms with Crippen LogP contribution in [0.25, 0.3) is 10.9 Å². The highest BCUT2D eigenvalue weighted by Gasteiger charge is 2.19. The smallest absolute Gasteiger partial charge is 0.191 e. The molecule has 0 amide bonds. The van der Waals surface area contributed by atoms with Gasteiger partial charge in [0.1, 0.15) is 30.0 Å². The number of nitrogen functional groups attached to an aromatic ring is 1. The third-order valence-corrected chi connectivity index (χ3v) is 3.89. The van der Waals surface area contributed by atoms with E-state index in [-0.39, 0.29) is 11.6 Å². The molecule has 0 aliphatic carbocycles. The normalized spacial score (nSPS) is 12.5. The monoisotopic (exact) mass is 364 g/mol. The Labute approximate surface area is 134 Å². The van der Waals surface area contributed by atoms with Crippen LogP contribution in [-0.2, 0) is 7.05 Å². The van der Waals surface area contributed by atoms with Crippen LogP contribution in [0, 0.1) is 0 Å². The third-order valence-electron chi connectivity index (χ3n) is 3.11. The van der Waals surface area contributed by atoms with Gasteiger partial charge < -0.3 is 15.6 Å². The number of hydrogen-bond donors (Lipinski definition) is 2. The van der Waals surface area contributed by atoms with Crippen LogP contribution in [0.5, 0.6) is 11.5 Å². The maximum Gasteiger partial charge on any atom is 0.191 e. The molecule has 0 radical (unpaired) electrons. The molecule has 3 N–H and O–H groups in total. The zero-order valence-electron chi connectivity index (χ0n) is 11.9. The topological polar surface area (TPSA) is 112 Å². The molecule has 3 aromatic rings. The maximum absolute atomic E-state index is 10.0. The summed E-state index contributed by atoms with van der Waals surface area (Å²) in [6.07, 6.45) is 2.49. The Morgan fingerprint density at radius 1 is 1.36 bits per heavy atom. The first kappa shape index (κ1) is 14.5. The second-order valence-corrected chi connectivity index (χ2v) is 5.52. The molecular weight excluding hydrogens is 352 g/mol. The molecule has 0 spiro atoms. The molecular formula is C13H13BrN6O2. The number of aromatic hydroxyl groups is 1. The summed E-state index contributed by atoms with van der Waals surface area (Å²) in [5, 5.41) is 14.7. The van der Waals surface area contributed by atoms with Crippen LogP contribution in [0.4, 0.5) is 5.82 Å². The van der Waals surface area contributed by atoms with Crippen molar-refractivity contribution in [2.24, 2.45) is 7.05 Å². The first-order valence-electron chi connectivity index (χ1n) is 6.41. The van der Waals surface area contributed by atoms with Crippen molar-refractivity contribution in [3.8, 4) is 11.5 Å². The van der Waals surface area contributed by atoms with E-state index in [0.717, 1.165) is 0 Å². The lowest BCUT2D eigenvalue weighted by Gasteiger charge is -2.15. The van der Waals surface area contributed by atoms with E-state index in [1.165, 1.54) is 12.4 Å². The average molecular weight is 365 g/mol. The molecule has 2 aromatic heterocycles. The second-order valence-electron chi connectivity index (χ2n) is 4.73. The van der Waals surface area contributed by atoms with Crippen LogP contribution < -0.4 is 10.5 Å². The lowest BCUT2D eigenvalue weighted by molar-refractivity contribution is 0.218. The highest BCUT2D eigenvalue weighted by molar-refractivity contribution is 9.10. The van der Waals surface area contributed by atoms with Crippen molar-refractivity contribution in [1.29, 1.82) is 0 Å². The predicted octanol–water partition coefficient (Wildman–Crippen LogP) is 1.95. The number of benzene rings is 1. The fraction of sp³-hybridized carbons (Fsp3) is 0.231. The van der Waals surface area contributed by atoms with Crippen LogP contribution in [0.1, 0.15) is 18.9 Å². The first-order valence-corrected chi connectivity index (χ1v) is 7.20. The number of aryl methyl sites for hydroxylation is 1. The molecule has 0 aliphatic heterocycles. The van der Waals surface area contributed by atoms with E-state index in [1.807, 2.05) is 0 Å². The molecule has 22 heavy (non-hydrogen) atoms. The minimum Gasteiger partial charge on any atom is -0.507 e. The lowest BCUT2D eigenvalue weighted by atomic mass is 10.2. The second kappa shape index (κ2) is 5.41. The number of rotatable bonds is 3. The zero-order valence-corrected chi connectivity index (χ0v) is 13.4. The molecule has 3 rings (SSSR count). The van der Waals surface area contributed by atoms with Gasteiger partial charge in [0.15, 0.2) is 11.9 Å². The van der Waals surface area contributed by atoms with Crippen molar-refractivity contribution in [2.75, 3.05) is 5.73 Å². The maximum atomic E-state index is 10.0. The SMILES string of the molecule is CC(Oc1cc(O)c(Br)c2ncnc(N)c12)c1ncn(C)n1. The van der Waals surface area contributed by atoms with Crippen LogP contribution in [0.2, 0.25) is 0 Å². The largest absolute Gasteiger partial charge is 0.507 e. The molecule has 114 valence electrons. The van der Waals surface area contributed by atoms with E-state index < -0.39 is 6.10 Å². The number of hydrogen-bond acceptors (Lipinski definition) is 7. The molecule has 8 nitrogen and oxygen atoms in total. The van der Waals surface area contributed by atoms with Crippen molar-refractivity contribution >= 4 is 32.7 Å². The summed E-state index contributed by atoms with van der Waals surface area (Å²) in [5.41, 5.74) is 6.40. The molecule has 2 heterocycles. The summed E-state index contributed by atoms with van der Waals surface area (Å²) >= 11 is 3.28. The number of phenols is 1. The molecule has 0 saturated carbocycles. The molecule has 1 atom stereocenters. The molecule has 1 unspecified atom stereocenters. The van der Waals surface area contributed by atoms with Gasteiger partial charge in [-0.3, -0.25) is 4.68 Å². The number of aromatic nitrogens is 5. The zero-order chi connectivity index (χ0) is 15.9. The minimum atomic E-state index is -0.426. The molecule has 9 heteroatoms. The number of ether oxygens (including phenoxy) is 1. The van der Waals surface area contributed by atoms with Crippen molar-refractivity contribution in [2.45, 2.75) is 13.0 Å². The Bertz CT molecular complexity index is 850. The lowest BCUT2D eigenvalue weighted by Crippen LogP contribution is -2.07. The number of halogens is 1. The summed E-state index contributed by atoms with van der Waals surface area (Å²) in [7, 11) is 1.77. The van der Waals surface area contributed by atoms with Gasteiger partial charge in [0.05, 0.1) is 15.4 Å². The van der Waals surface area contributed by atoms with Crippen LogP contribution in [0.15, 0.2) is 23.2 Å². The summed E-state index contributed by atoms with van der Waals surface area (Å²) in [4.78, 5) is 12.3. The van der Waals surface area contributed by atoms with E-state index in [2.05, 4.69) is 36.0 Å². The van der Waals surface area contributed by atoms with Gasteiger partial charge in [-0.2, -0.15) is 5.10 Å². The Morgan fingerprint density at radius 2 is 2.14 bits per heavy atom. The molecule has 1 aromatic carbocycles.